The lowest BCUT2D eigenvalue weighted by molar-refractivity contribution is 0.103. The molecule has 2 aromatic carbocycles. The molecule has 0 N–H and O–H groups in total. The Morgan fingerprint density at radius 3 is 1.53 bits per heavy atom. The van der Waals surface area contributed by atoms with Crippen molar-refractivity contribution in [2.45, 2.75) is 23.6 Å². The van der Waals surface area contributed by atoms with Crippen molar-refractivity contribution in [2.75, 3.05) is 0 Å². The summed E-state index contributed by atoms with van der Waals surface area (Å²) in [5, 5.41) is 0. The van der Waals surface area contributed by atoms with E-state index >= 15 is 0 Å². The summed E-state index contributed by atoms with van der Waals surface area (Å²) in [6.45, 7) is 4.00. The quantitative estimate of drug-likeness (QED) is 0.633. The number of ketones is 1. The van der Waals surface area contributed by atoms with Gasteiger partial charge in [0.05, 0.1) is 9.79 Å². The summed E-state index contributed by atoms with van der Waals surface area (Å²) in [5.74, 6) is -0.231. The Morgan fingerprint density at radius 2 is 1.11 bits per heavy atom. The van der Waals surface area contributed by atoms with E-state index in [0.717, 1.165) is 0 Å². The molecule has 0 aromatic heterocycles. The van der Waals surface area contributed by atoms with Gasteiger partial charge >= 0.3 is 0 Å². The van der Waals surface area contributed by atoms with Gasteiger partial charge < -0.3 is 0 Å². The number of sulfone groups is 1. The van der Waals surface area contributed by atoms with Gasteiger partial charge in [0.1, 0.15) is 0 Å². The molecule has 0 saturated heterocycles. The maximum absolute atomic E-state index is 12.3. The molecule has 2 aromatic rings. The molecule has 1 aliphatic rings. The minimum Gasteiger partial charge on any atom is -0.289 e. The van der Waals surface area contributed by atoms with Gasteiger partial charge in [0.2, 0.25) is 9.84 Å². The molecule has 0 fully saturated rings. The highest BCUT2D eigenvalue weighted by molar-refractivity contribution is 7.91. The average molecular weight is 274 g/mol. The van der Waals surface area contributed by atoms with E-state index in [9.17, 15) is 13.2 Å². The Labute approximate surface area is 112 Å². The Morgan fingerprint density at radius 1 is 0.737 bits per heavy atom. The maximum atomic E-state index is 12.3. The first-order chi connectivity index (χ1) is 9.12. The molecular weight excluding hydrogens is 260 g/mol. The summed E-state index contributed by atoms with van der Waals surface area (Å²) in [6.07, 6.45) is 0. The van der Waals surface area contributed by atoms with Gasteiger partial charge in [0.15, 0.2) is 5.78 Å². The smallest absolute Gasteiger partial charge is 0.208 e. The predicted octanol–water partition coefficient (Wildman–Crippen LogP) is 3.09. The zero-order valence-electron chi connectivity index (χ0n) is 10.8. The fourth-order valence-corrected chi connectivity index (χ4v) is 3.69. The van der Waals surface area contributed by atoms with E-state index in [1.807, 2.05) is 13.8 Å². The third-order valence-electron chi connectivity index (χ3n) is 2.84. The topological polar surface area (TPSA) is 51.2 Å². The van der Waals surface area contributed by atoms with Gasteiger partial charge in [-0.15, -0.1) is 0 Å². The fourth-order valence-electron chi connectivity index (χ4n) is 2.04. The predicted molar refractivity (Wildman–Crippen MR) is 73.1 cm³/mol. The summed E-state index contributed by atoms with van der Waals surface area (Å²) in [6, 6.07) is 12.6. The number of carbonyl (C=O) groups excluding carboxylic acids is 1. The number of hydrogen-bond donors (Lipinski definition) is 0. The first-order valence-corrected chi connectivity index (χ1v) is 7.58. The van der Waals surface area contributed by atoms with Crippen LogP contribution in [0.25, 0.3) is 0 Å². The number of hydrogen-bond acceptors (Lipinski definition) is 3. The molecule has 0 bridgehead atoms. The van der Waals surface area contributed by atoms with Crippen LogP contribution in [0.2, 0.25) is 0 Å². The maximum Gasteiger partial charge on any atom is 0.208 e. The van der Waals surface area contributed by atoms with Gasteiger partial charge in [-0.25, -0.2) is 8.42 Å². The highest BCUT2D eigenvalue weighted by Gasteiger charge is 2.33. The lowest BCUT2D eigenvalue weighted by atomic mass is 10.0. The Hall–Kier alpha value is -1.94. The highest BCUT2D eigenvalue weighted by atomic mass is 32.2. The van der Waals surface area contributed by atoms with Crippen LogP contribution in [0.3, 0.4) is 0 Å². The summed E-state index contributed by atoms with van der Waals surface area (Å²) in [7, 11) is -3.56. The van der Waals surface area contributed by atoms with Crippen LogP contribution in [0.4, 0.5) is 0 Å². The second kappa shape index (κ2) is 4.97. The van der Waals surface area contributed by atoms with Crippen molar-refractivity contribution >= 4 is 15.6 Å². The van der Waals surface area contributed by atoms with E-state index in [2.05, 4.69) is 0 Å². The third-order valence-corrected chi connectivity index (χ3v) is 4.71. The second-order valence-corrected chi connectivity index (χ2v) is 5.71. The van der Waals surface area contributed by atoms with E-state index in [1.54, 1.807) is 36.4 Å². The first kappa shape index (κ1) is 13.5. The Balaban J connectivity index is 0.000000637. The summed E-state index contributed by atoms with van der Waals surface area (Å²) in [4.78, 5) is 12.3. The van der Waals surface area contributed by atoms with Crippen LogP contribution in [0, 0.1) is 0 Å². The van der Waals surface area contributed by atoms with Gasteiger partial charge in [0.25, 0.3) is 0 Å². The second-order valence-electron chi connectivity index (χ2n) is 3.82. The van der Waals surface area contributed by atoms with Gasteiger partial charge in [-0.1, -0.05) is 38.1 Å². The van der Waals surface area contributed by atoms with Crippen molar-refractivity contribution in [3.63, 3.8) is 0 Å². The molecule has 3 nitrogen and oxygen atoms in total. The molecule has 1 aliphatic heterocycles. The molecule has 0 radical (unpaired) electrons. The van der Waals surface area contributed by atoms with E-state index in [4.69, 9.17) is 0 Å². The molecule has 19 heavy (non-hydrogen) atoms. The van der Waals surface area contributed by atoms with E-state index in [1.165, 1.54) is 12.1 Å². The monoisotopic (exact) mass is 274 g/mol. The van der Waals surface area contributed by atoms with Crippen molar-refractivity contribution in [3.05, 3.63) is 59.7 Å². The average Bonchev–Trinajstić information content (AvgIpc) is 2.47. The van der Waals surface area contributed by atoms with Gasteiger partial charge in [0, 0.05) is 11.1 Å². The van der Waals surface area contributed by atoms with Gasteiger partial charge in [-0.2, -0.15) is 0 Å². The lowest BCUT2D eigenvalue weighted by Crippen LogP contribution is -2.19. The molecule has 98 valence electrons. The highest BCUT2D eigenvalue weighted by Crippen LogP contribution is 2.33. The summed E-state index contributed by atoms with van der Waals surface area (Å²) < 4.78 is 24.6. The number of rotatable bonds is 0. The van der Waals surface area contributed by atoms with Crippen molar-refractivity contribution in [1.82, 2.24) is 0 Å². The molecule has 3 rings (SSSR count). The van der Waals surface area contributed by atoms with Crippen LogP contribution in [0.5, 0.6) is 0 Å². The molecule has 0 aliphatic carbocycles. The van der Waals surface area contributed by atoms with Crippen LogP contribution in [-0.4, -0.2) is 14.2 Å². The molecule has 0 saturated carbocycles. The van der Waals surface area contributed by atoms with Crippen molar-refractivity contribution < 1.29 is 13.2 Å². The van der Waals surface area contributed by atoms with Crippen LogP contribution in [0.1, 0.15) is 29.8 Å². The lowest BCUT2D eigenvalue weighted by Gasteiger charge is -2.17. The summed E-state index contributed by atoms with van der Waals surface area (Å²) >= 11 is 0. The molecule has 0 unspecified atom stereocenters. The van der Waals surface area contributed by atoms with Crippen LogP contribution >= 0.6 is 0 Å². The molecular formula is C15H14O3S. The summed E-state index contributed by atoms with van der Waals surface area (Å²) in [5.41, 5.74) is 0.511. The van der Waals surface area contributed by atoms with Crippen molar-refractivity contribution in [3.8, 4) is 0 Å². The van der Waals surface area contributed by atoms with Crippen molar-refractivity contribution in [1.29, 1.82) is 0 Å². The Bertz CT molecular complexity index is 675. The molecule has 1 heterocycles. The van der Waals surface area contributed by atoms with Crippen LogP contribution in [-0.2, 0) is 9.84 Å². The largest absolute Gasteiger partial charge is 0.289 e. The first-order valence-electron chi connectivity index (χ1n) is 6.10. The standard InChI is InChI=1S/C13H8O3S.C2H6/c14-13-9-5-1-3-7-11(9)17(15,16)12-8-4-2-6-10(12)13;1-2/h1-8H;1-2H3. The number of carbonyl (C=O) groups is 1. The molecule has 0 spiro atoms. The zero-order chi connectivity index (χ0) is 14.0. The number of benzene rings is 2. The zero-order valence-corrected chi connectivity index (χ0v) is 11.6. The van der Waals surface area contributed by atoms with Gasteiger partial charge in [-0.05, 0) is 24.3 Å². The van der Waals surface area contributed by atoms with Crippen LogP contribution in [0.15, 0.2) is 58.3 Å². The minimum atomic E-state index is -3.56. The molecule has 4 heteroatoms. The number of fused-ring (bicyclic) bond motifs is 2. The van der Waals surface area contributed by atoms with Crippen molar-refractivity contribution in [2.24, 2.45) is 0 Å². The van der Waals surface area contributed by atoms with Gasteiger partial charge in [-0.3, -0.25) is 4.79 Å². The van der Waals surface area contributed by atoms with E-state index in [0.29, 0.717) is 0 Å². The third kappa shape index (κ3) is 1.98. The molecule has 0 amide bonds. The van der Waals surface area contributed by atoms with E-state index in [-0.39, 0.29) is 26.7 Å². The normalized spacial score (nSPS) is 14.7. The minimum absolute atomic E-state index is 0.101. The SMILES string of the molecule is CC.O=C1c2ccccc2S(=O)(=O)c2ccccc21. The molecule has 0 atom stereocenters. The van der Waals surface area contributed by atoms with Crippen LogP contribution < -0.4 is 0 Å². The van der Waals surface area contributed by atoms with E-state index < -0.39 is 9.84 Å². The fraction of sp³-hybridized carbons (Fsp3) is 0.133. The Kier molecular flexibility index (Phi) is 3.53.